The van der Waals surface area contributed by atoms with Gasteiger partial charge in [0.15, 0.2) is 0 Å². The number of aliphatic hydroxyl groups is 1. The predicted molar refractivity (Wildman–Crippen MR) is 30.7 cm³/mol. The summed E-state index contributed by atoms with van der Waals surface area (Å²) in [7, 11) is 0. The highest BCUT2D eigenvalue weighted by Gasteiger charge is 2.25. The average Bonchev–Trinajstić information content (AvgIpc) is 2.13. The van der Waals surface area contributed by atoms with Crippen molar-refractivity contribution in [1.29, 1.82) is 0 Å². The second-order valence-electron chi connectivity index (χ2n) is 2.49. The number of hydrogen-bond acceptors (Lipinski definition) is 2. The first-order valence-corrected chi connectivity index (χ1v) is 3.30. The standard InChI is InChI=1S/C6H10F2O2/c7-6(8)10-5-2-1-4(9)3-5/h4-6,9H,1-3H2. The molecule has 0 radical (unpaired) electrons. The molecule has 1 aliphatic carbocycles. The van der Waals surface area contributed by atoms with Gasteiger partial charge in [0.25, 0.3) is 0 Å². The smallest absolute Gasteiger partial charge is 0.345 e. The van der Waals surface area contributed by atoms with Crippen LogP contribution in [0.25, 0.3) is 0 Å². The fourth-order valence-electron chi connectivity index (χ4n) is 1.19. The summed E-state index contributed by atoms with van der Waals surface area (Å²) < 4.78 is 27.2. The molecule has 1 saturated carbocycles. The lowest BCUT2D eigenvalue weighted by Crippen LogP contribution is -2.13. The van der Waals surface area contributed by atoms with Crippen LogP contribution in [-0.4, -0.2) is 23.9 Å². The summed E-state index contributed by atoms with van der Waals surface area (Å²) in [5.41, 5.74) is 0. The molecule has 0 bridgehead atoms. The predicted octanol–water partition coefficient (Wildman–Crippen LogP) is 1.14. The van der Waals surface area contributed by atoms with Crippen molar-refractivity contribution in [1.82, 2.24) is 0 Å². The van der Waals surface area contributed by atoms with Crippen LogP contribution >= 0.6 is 0 Å². The Morgan fingerprint density at radius 3 is 2.50 bits per heavy atom. The molecule has 60 valence electrons. The van der Waals surface area contributed by atoms with E-state index in [4.69, 9.17) is 5.11 Å². The molecule has 1 N–H and O–H groups in total. The van der Waals surface area contributed by atoms with E-state index in [9.17, 15) is 8.78 Å². The van der Waals surface area contributed by atoms with E-state index in [1.165, 1.54) is 0 Å². The highest BCUT2D eigenvalue weighted by Crippen LogP contribution is 2.23. The molecule has 1 rings (SSSR count). The van der Waals surface area contributed by atoms with Gasteiger partial charge in [0.1, 0.15) is 0 Å². The molecular weight excluding hydrogens is 142 g/mol. The normalized spacial score (nSPS) is 33.6. The molecule has 0 aromatic heterocycles. The van der Waals surface area contributed by atoms with Gasteiger partial charge in [0, 0.05) is 0 Å². The summed E-state index contributed by atoms with van der Waals surface area (Å²) in [6.45, 7) is -2.70. The van der Waals surface area contributed by atoms with E-state index in [1.807, 2.05) is 0 Å². The molecule has 0 aromatic rings. The SMILES string of the molecule is OC1CCC(OC(F)F)C1. The van der Waals surface area contributed by atoms with E-state index in [2.05, 4.69) is 4.74 Å². The van der Waals surface area contributed by atoms with E-state index >= 15 is 0 Å². The molecule has 10 heavy (non-hydrogen) atoms. The van der Waals surface area contributed by atoms with Crippen LogP contribution < -0.4 is 0 Å². The van der Waals surface area contributed by atoms with Crippen molar-refractivity contribution in [3.63, 3.8) is 0 Å². The maximum absolute atomic E-state index is 11.5. The monoisotopic (exact) mass is 152 g/mol. The van der Waals surface area contributed by atoms with Gasteiger partial charge < -0.3 is 9.84 Å². The van der Waals surface area contributed by atoms with E-state index in [0.717, 1.165) is 0 Å². The van der Waals surface area contributed by atoms with Gasteiger partial charge in [0.05, 0.1) is 12.2 Å². The molecule has 0 heterocycles. The van der Waals surface area contributed by atoms with Crippen molar-refractivity contribution in [2.75, 3.05) is 0 Å². The van der Waals surface area contributed by atoms with E-state index in [1.54, 1.807) is 0 Å². The van der Waals surface area contributed by atoms with Crippen LogP contribution in [-0.2, 0) is 4.74 Å². The lowest BCUT2D eigenvalue weighted by molar-refractivity contribution is -0.161. The number of aliphatic hydroxyl groups excluding tert-OH is 1. The number of hydrogen-bond donors (Lipinski definition) is 1. The van der Waals surface area contributed by atoms with Gasteiger partial charge in [-0.05, 0) is 19.3 Å². The first kappa shape index (κ1) is 7.88. The Kier molecular flexibility index (Phi) is 2.56. The van der Waals surface area contributed by atoms with Gasteiger partial charge in [-0.25, -0.2) is 0 Å². The van der Waals surface area contributed by atoms with Crippen LogP contribution in [0.4, 0.5) is 8.78 Å². The Morgan fingerprint density at radius 2 is 2.10 bits per heavy atom. The molecule has 0 aromatic carbocycles. The number of ether oxygens (including phenoxy) is 1. The van der Waals surface area contributed by atoms with Crippen LogP contribution in [0, 0.1) is 0 Å². The van der Waals surface area contributed by atoms with Crippen LogP contribution in [0.2, 0.25) is 0 Å². The molecule has 4 heteroatoms. The third-order valence-corrected chi connectivity index (χ3v) is 1.65. The molecule has 0 aliphatic heterocycles. The van der Waals surface area contributed by atoms with Gasteiger partial charge in [0.2, 0.25) is 0 Å². The zero-order chi connectivity index (χ0) is 7.56. The van der Waals surface area contributed by atoms with E-state index in [-0.39, 0.29) is 0 Å². The zero-order valence-electron chi connectivity index (χ0n) is 5.46. The van der Waals surface area contributed by atoms with Gasteiger partial charge in [-0.3, -0.25) is 0 Å². The van der Waals surface area contributed by atoms with Crippen LogP contribution in [0.15, 0.2) is 0 Å². The number of alkyl halides is 2. The van der Waals surface area contributed by atoms with Crippen molar-refractivity contribution in [2.45, 2.75) is 38.1 Å². The fourth-order valence-corrected chi connectivity index (χ4v) is 1.19. The van der Waals surface area contributed by atoms with E-state index in [0.29, 0.717) is 19.3 Å². The Hall–Kier alpha value is -0.220. The molecule has 2 unspecified atom stereocenters. The topological polar surface area (TPSA) is 29.5 Å². The van der Waals surface area contributed by atoms with E-state index < -0.39 is 18.8 Å². The molecule has 2 nitrogen and oxygen atoms in total. The minimum atomic E-state index is -2.70. The zero-order valence-corrected chi connectivity index (χ0v) is 5.46. The van der Waals surface area contributed by atoms with Crippen molar-refractivity contribution in [3.05, 3.63) is 0 Å². The summed E-state index contributed by atoms with van der Waals surface area (Å²) in [5, 5.41) is 8.89. The molecule has 0 spiro atoms. The fraction of sp³-hybridized carbons (Fsp3) is 1.00. The maximum Gasteiger partial charge on any atom is 0.345 e. The van der Waals surface area contributed by atoms with Crippen molar-refractivity contribution < 1.29 is 18.6 Å². The first-order valence-electron chi connectivity index (χ1n) is 3.30. The largest absolute Gasteiger partial charge is 0.393 e. The van der Waals surface area contributed by atoms with Crippen LogP contribution in [0.3, 0.4) is 0 Å². The summed E-state index contributed by atoms with van der Waals surface area (Å²) in [5.74, 6) is 0. The summed E-state index contributed by atoms with van der Waals surface area (Å²) in [6, 6.07) is 0. The van der Waals surface area contributed by atoms with Crippen molar-refractivity contribution in [3.8, 4) is 0 Å². The second kappa shape index (κ2) is 3.25. The number of rotatable bonds is 2. The Balaban J connectivity index is 2.18. The summed E-state index contributed by atoms with van der Waals surface area (Å²) >= 11 is 0. The second-order valence-corrected chi connectivity index (χ2v) is 2.49. The maximum atomic E-state index is 11.5. The van der Waals surface area contributed by atoms with Gasteiger partial charge in [-0.1, -0.05) is 0 Å². The number of halogens is 2. The average molecular weight is 152 g/mol. The summed E-state index contributed by atoms with van der Waals surface area (Å²) in [4.78, 5) is 0. The highest BCUT2D eigenvalue weighted by atomic mass is 19.3. The molecule has 1 aliphatic rings. The van der Waals surface area contributed by atoms with Gasteiger partial charge in [-0.15, -0.1) is 0 Å². The van der Waals surface area contributed by atoms with Gasteiger partial charge >= 0.3 is 6.61 Å². The van der Waals surface area contributed by atoms with Crippen LogP contribution in [0.1, 0.15) is 19.3 Å². The lowest BCUT2D eigenvalue weighted by atomic mass is 10.3. The molecular formula is C6H10F2O2. The highest BCUT2D eigenvalue weighted by molar-refractivity contribution is 4.74. The Bertz CT molecular complexity index is 108. The molecule has 2 atom stereocenters. The lowest BCUT2D eigenvalue weighted by Gasteiger charge is -2.08. The first-order chi connectivity index (χ1) is 4.68. The quantitative estimate of drug-likeness (QED) is 0.642. The van der Waals surface area contributed by atoms with Crippen LogP contribution in [0.5, 0.6) is 0 Å². The molecule has 0 saturated heterocycles. The summed E-state index contributed by atoms with van der Waals surface area (Å²) in [6.07, 6.45) is 0.603. The molecule has 0 amide bonds. The minimum Gasteiger partial charge on any atom is -0.393 e. The molecule has 1 fully saturated rings. The third kappa shape index (κ3) is 2.19. The van der Waals surface area contributed by atoms with Crippen molar-refractivity contribution >= 4 is 0 Å². The Morgan fingerprint density at radius 1 is 1.40 bits per heavy atom. The van der Waals surface area contributed by atoms with Crippen molar-refractivity contribution in [2.24, 2.45) is 0 Å². The van der Waals surface area contributed by atoms with Gasteiger partial charge in [-0.2, -0.15) is 8.78 Å². The minimum absolute atomic E-state index is 0.352. The third-order valence-electron chi connectivity index (χ3n) is 1.65. The Labute approximate surface area is 57.8 Å².